The van der Waals surface area contributed by atoms with Crippen molar-refractivity contribution in [2.75, 3.05) is 14.2 Å². The van der Waals surface area contributed by atoms with Gasteiger partial charge in [0.25, 0.3) is 11.4 Å². The number of benzene rings is 1. The van der Waals surface area contributed by atoms with Gasteiger partial charge in [0.15, 0.2) is 16.8 Å². The second-order valence-electron chi connectivity index (χ2n) is 8.01. The number of hydrogen-bond donors (Lipinski definition) is 1. The third-order valence-electron chi connectivity index (χ3n) is 5.71. The molecule has 13 heteroatoms. The highest BCUT2D eigenvalue weighted by Gasteiger charge is 2.28. The Balaban J connectivity index is 1.63. The molecule has 0 aliphatic heterocycles. The molecule has 37 heavy (non-hydrogen) atoms. The summed E-state index contributed by atoms with van der Waals surface area (Å²) in [6.07, 6.45) is 3.35. The average molecular weight is 505 g/mol. The minimum Gasteiger partial charge on any atom is -0.493 e. The summed E-state index contributed by atoms with van der Waals surface area (Å²) in [5, 5.41) is 24.3. The lowest BCUT2D eigenvalue weighted by Crippen LogP contribution is -2.21. The van der Waals surface area contributed by atoms with Gasteiger partial charge in [-0.1, -0.05) is 30.6 Å². The number of methoxy groups -OCH3 is 2. The Bertz CT molecular complexity index is 1600. The van der Waals surface area contributed by atoms with Crippen molar-refractivity contribution in [1.29, 1.82) is 0 Å². The van der Waals surface area contributed by atoms with E-state index in [1.807, 2.05) is 25.1 Å². The van der Waals surface area contributed by atoms with Crippen LogP contribution in [0.4, 0.5) is 0 Å². The second kappa shape index (κ2) is 10.0. The normalized spacial score (nSPS) is 11.2. The molecule has 1 aromatic carbocycles. The van der Waals surface area contributed by atoms with Crippen LogP contribution in [0.2, 0.25) is 0 Å². The van der Waals surface area contributed by atoms with Gasteiger partial charge in [-0.05, 0) is 18.6 Å². The van der Waals surface area contributed by atoms with Gasteiger partial charge in [-0.25, -0.2) is 0 Å². The Morgan fingerprint density at radius 2 is 1.84 bits per heavy atom. The predicted octanol–water partition coefficient (Wildman–Crippen LogP) is 2.87. The smallest absolute Gasteiger partial charge is 0.289 e. The molecule has 0 atom stereocenters. The molecule has 5 aromatic rings. The number of aryl methyl sites for hydroxylation is 1. The maximum absolute atomic E-state index is 13.1. The summed E-state index contributed by atoms with van der Waals surface area (Å²) in [4.78, 5) is 25.6. The highest BCUT2D eigenvalue weighted by atomic mass is 16.5. The molecule has 4 aromatic heterocycles. The number of ether oxygens (including phenoxy) is 2. The van der Waals surface area contributed by atoms with Crippen LogP contribution in [0.15, 0.2) is 44.3 Å². The van der Waals surface area contributed by atoms with E-state index >= 15 is 0 Å². The van der Waals surface area contributed by atoms with E-state index in [1.165, 1.54) is 25.1 Å². The zero-order chi connectivity index (χ0) is 25.9. The van der Waals surface area contributed by atoms with Crippen LogP contribution in [-0.4, -0.2) is 54.2 Å². The van der Waals surface area contributed by atoms with Crippen LogP contribution in [0, 0.1) is 0 Å². The largest absolute Gasteiger partial charge is 0.493 e. The quantitative estimate of drug-likeness (QED) is 0.312. The number of aromatic hydroxyl groups is 1. The SMILES string of the molecule is CCCCc1nc(=O)c(-c2nnc(Cc3noc4ccccc34)o2)c(O)n1-c1c(OC)ncnc1OC. The van der Waals surface area contributed by atoms with Crippen LogP contribution in [-0.2, 0) is 12.8 Å². The molecule has 0 fully saturated rings. The molecule has 0 saturated heterocycles. The molecule has 5 rings (SSSR count). The maximum atomic E-state index is 13.1. The van der Waals surface area contributed by atoms with E-state index in [9.17, 15) is 9.90 Å². The van der Waals surface area contributed by atoms with Gasteiger partial charge in [0.2, 0.25) is 23.5 Å². The summed E-state index contributed by atoms with van der Waals surface area (Å²) in [7, 11) is 2.84. The number of fused-ring (bicyclic) bond motifs is 1. The van der Waals surface area contributed by atoms with E-state index < -0.39 is 11.4 Å². The number of nitrogens with zero attached hydrogens (tertiary/aromatic N) is 7. The lowest BCUT2D eigenvalue weighted by Gasteiger charge is -2.18. The average Bonchev–Trinajstić information content (AvgIpc) is 3.54. The van der Waals surface area contributed by atoms with E-state index in [4.69, 9.17) is 18.4 Å². The summed E-state index contributed by atoms with van der Waals surface area (Å²) in [5.74, 6) is -0.0233. The molecule has 0 amide bonds. The van der Waals surface area contributed by atoms with E-state index in [1.54, 1.807) is 6.07 Å². The minimum atomic E-state index is -0.725. The predicted molar refractivity (Wildman–Crippen MR) is 129 cm³/mol. The first-order chi connectivity index (χ1) is 18.0. The van der Waals surface area contributed by atoms with E-state index in [2.05, 4.69) is 30.3 Å². The summed E-state index contributed by atoms with van der Waals surface area (Å²) < 4.78 is 23.2. The lowest BCUT2D eigenvalue weighted by atomic mass is 10.2. The van der Waals surface area contributed by atoms with E-state index in [0.29, 0.717) is 24.1 Å². The first kappa shape index (κ1) is 23.9. The molecule has 0 bridgehead atoms. The fourth-order valence-electron chi connectivity index (χ4n) is 3.95. The van der Waals surface area contributed by atoms with Crippen molar-refractivity contribution in [3.63, 3.8) is 0 Å². The van der Waals surface area contributed by atoms with Gasteiger partial charge in [-0.2, -0.15) is 15.0 Å². The van der Waals surface area contributed by atoms with Crippen LogP contribution in [0.5, 0.6) is 17.6 Å². The number of aromatic nitrogens is 7. The fourth-order valence-corrected chi connectivity index (χ4v) is 3.95. The number of hydrogen-bond acceptors (Lipinski definition) is 12. The number of para-hydroxylation sites is 1. The van der Waals surface area contributed by atoms with Crippen molar-refractivity contribution in [3.05, 3.63) is 58.4 Å². The van der Waals surface area contributed by atoms with E-state index in [0.717, 1.165) is 11.8 Å². The minimum absolute atomic E-state index is 0.112. The Morgan fingerprint density at radius 3 is 2.57 bits per heavy atom. The second-order valence-corrected chi connectivity index (χ2v) is 8.01. The zero-order valence-corrected chi connectivity index (χ0v) is 20.3. The lowest BCUT2D eigenvalue weighted by molar-refractivity contribution is 0.359. The maximum Gasteiger partial charge on any atom is 0.289 e. The van der Waals surface area contributed by atoms with Crippen molar-refractivity contribution in [2.24, 2.45) is 0 Å². The summed E-state index contributed by atoms with van der Waals surface area (Å²) in [5.41, 5.74) is 0.390. The van der Waals surface area contributed by atoms with Crippen molar-refractivity contribution in [2.45, 2.75) is 32.6 Å². The van der Waals surface area contributed by atoms with Crippen LogP contribution >= 0.6 is 0 Å². The molecular weight excluding hydrogens is 482 g/mol. The molecule has 0 radical (unpaired) electrons. The number of unbranched alkanes of at least 4 members (excludes halogenated alkanes) is 1. The van der Waals surface area contributed by atoms with Crippen molar-refractivity contribution < 1.29 is 23.5 Å². The molecular formula is C24H23N7O6. The highest BCUT2D eigenvalue weighted by molar-refractivity contribution is 5.79. The third-order valence-corrected chi connectivity index (χ3v) is 5.71. The van der Waals surface area contributed by atoms with Gasteiger partial charge in [0.05, 0.1) is 20.6 Å². The molecule has 13 nitrogen and oxygen atoms in total. The Kier molecular flexibility index (Phi) is 6.49. The first-order valence-electron chi connectivity index (χ1n) is 11.5. The summed E-state index contributed by atoms with van der Waals surface area (Å²) in [6.45, 7) is 2.00. The Morgan fingerprint density at radius 1 is 1.08 bits per heavy atom. The monoisotopic (exact) mass is 505 g/mol. The molecule has 190 valence electrons. The van der Waals surface area contributed by atoms with Gasteiger partial charge in [0.1, 0.15) is 17.8 Å². The molecule has 0 aliphatic rings. The molecule has 0 spiro atoms. The number of rotatable bonds is 9. The molecule has 0 unspecified atom stereocenters. The van der Waals surface area contributed by atoms with Crippen LogP contribution < -0.4 is 15.0 Å². The standard InChI is InChI=1S/C24H23N7O6/c1-4-5-10-16-27-20(32)18(24(33)31(16)19-22(34-2)25-12-26-23(19)35-3)21-29-28-17(36-21)11-14-13-8-6-7-9-15(13)37-30-14/h6-9,12,33H,4-5,10-11H2,1-3H3. The van der Waals surface area contributed by atoms with Gasteiger partial charge in [0, 0.05) is 11.8 Å². The molecule has 4 heterocycles. The van der Waals surface area contributed by atoms with Crippen molar-refractivity contribution >= 4 is 11.0 Å². The molecule has 0 aliphatic carbocycles. The highest BCUT2D eigenvalue weighted by Crippen LogP contribution is 2.36. The topological polar surface area (TPSA) is 164 Å². The Hall–Kier alpha value is -4.81. The van der Waals surface area contributed by atoms with Crippen LogP contribution in [0.3, 0.4) is 0 Å². The van der Waals surface area contributed by atoms with Gasteiger partial charge < -0.3 is 23.5 Å². The summed E-state index contributed by atoms with van der Waals surface area (Å²) >= 11 is 0. The zero-order valence-electron chi connectivity index (χ0n) is 20.3. The molecule has 1 N–H and O–H groups in total. The van der Waals surface area contributed by atoms with E-state index in [-0.39, 0.29) is 47.0 Å². The fraction of sp³-hybridized carbons (Fsp3) is 0.292. The molecule has 0 saturated carbocycles. The van der Waals surface area contributed by atoms with Crippen molar-refractivity contribution in [3.8, 4) is 34.8 Å². The van der Waals surface area contributed by atoms with Gasteiger partial charge in [-0.15, -0.1) is 10.2 Å². The van der Waals surface area contributed by atoms with Gasteiger partial charge in [-0.3, -0.25) is 9.36 Å². The Labute approximate surface area is 209 Å². The van der Waals surface area contributed by atoms with Crippen LogP contribution in [0.1, 0.15) is 37.2 Å². The van der Waals surface area contributed by atoms with Crippen molar-refractivity contribution in [1.82, 2.24) is 34.9 Å². The first-order valence-corrected chi connectivity index (χ1v) is 11.5. The summed E-state index contributed by atoms with van der Waals surface area (Å²) in [6, 6.07) is 7.37. The third kappa shape index (κ3) is 4.35. The van der Waals surface area contributed by atoms with Crippen LogP contribution in [0.25, 0.3) is 28.1 Å². The van der Waals surface area contributed by atoms with Gasteiger partial charge >= 0.3 is 0 Å².